The van der Waals surface area contributed by atoms with Crippen molar-refractivity contribution in [3.63, 3.8) is 0 Å². The first-order valence-corrected chi connectivity index (χ1v) is 7.20. The van der Waals surface area contributed by atoms with Gasteiger partial charge in [-0.1, -0.05) is 6.07 Å². The van der Waals surface area contributed by atoms with Crippen LogP contribution in [0.2, 0.25) is 0 Å². The van der Waals surface area contributed by atoms with Crippen molar-refractivity contribution in [2.75, 3.05) is 6.61 Å². The zero-order valence-electron chi connectivity index (χ0n) is 11.6. The zero-order valence-corrected chi connectivity index (χ0v) is 11.6. The summed E-state index contributed by atoms with van der Waals surface area (Å²) in [5.74, 6) is 4.46. The topological polar surface area (TPSA) is 47.3 Å². The van der Waals surface area contributed by atoms with E-state index in [4.69, 9.17) is 10.6 Å². The molecular formula is C15H22F2N2O. The maximum atomic E-state index is 13.6. The van der Waals surface area contributed by atoms with E-state index in [0.717, 1.165) is 38.4 Å². The van der Waals surface area contributed by atoms with Crippen LogP contribution < -0.4 is 11.3 Å². The average molecular weight is 284 g/mol. The van der Waals surface area contributed by atoms with E-state index in [1.54, 1.807) is 0 Å². The van der Waals surface area contributed by atoms with Gasteiger partial charge in [0.05, 0.1) is 6.10 Å². The second kappa shape index (κ2) is 7.67. The number of nitrogens with two attached hydrogens (primary N) is 1. The van der Waals surface area contributed by atoms with Crippen LogP contribution in [-0.4, -0.2) is 18.8 Å². The van der Waals surface area contributed by atoms with Crippen LogP contribution in [0.5, 0.6) is 0 Å². The van der Waals surface area contributed by atoms with Crippen molar-refractivity contribution < 1.29 is 13.5 Å². The predicted octanol–water partition coefficient (Wildman–Crippen LogP) is 2.69. The van der Waals surface area contributed by atoms with Crippen molar-refractivity contribution in [1.29, 1.82) is 0 Å². The third kappa shape index (κ3) is 4.51. The van der Waals surface area contributed by atoms with Crippen LogP contribution >= 0.6 is 0 Å². The van der Waals surface area contributed by atoms with E-state index < -0.39 is 11.6 Å². The van der Waals surface area contributed by atoms with Crippen LogP contribution in [0.3, 0.4) is 0 Å². The highest BCUT2D eigenvalue weighted by molar-refractivity contribution is 5.19. The molecular weight excluding hydrogens is 262 g/mol. The van der Waals surface area contributed by atoms with Crippen LogP contribution in [-0.2, 0) is 11.2 Å². The minimum Gasteiger partial charge on any atom is -0.378 e. The summed E-state index contributed by atoms with van der Waals surface area (Å²) in [7, 11) is 0. The number of hydrogen-bond donors (Lipinski definition) is 2. The molecule has 1 heterocycles. The van der Waals surface area contributed by atoms with Crippen molar-refractivity contribution in [1.82, 2.24) is 5.43 Å². The summed E-state index contributed by atoms with van der Waals surface area (Å²) in [4.78, 5) is 0. The Balaban J connectivity index is 1.84. The van der Waals surface area contributed by atoms with Gasteiger partial charge in [0.2, 0.25) is 0 Å². The van der Waals surface area contributed by atoms with Crippen molar-refractivity contribution in [2.45, 2.75) is 50.7 Å². The van der Waals surface area contributed by atoms with Gasteiger partial charge in [0.1, 0.15) is 11.6 Å². The summed E-state index contributed by atoms with van der Waals surface area (Å²) in [5.41, 5.74) is 3.20. The van der Waals surface area contributed by atoms with Crippen LogP contribution in [0.1, 0.15) is 37.7 Å². The van der Waals surface area contributed by atoms with Crippen molar-refractivity contribution in [3.05, 3.63) is 35.4 Å². The lowest BCUT2D eigenvalue weighted by molar-refractivity contribution is 0.00857. The Labute approximate surface area is 118 Å². The number of rotatable bonds is 6. The molecule has 1 fully saturated rings. The van der Waals surface area contributed by atoms with Crippen molar-refractivity contribution in [3.8, 4) is 0 Å². The minimum atomic E-state index is -0.556. The molecule has 0 bridgehead atoms. The highest BCUT2D eigenvalue weighted by Gasteiger charge is 2.17. The molecule has 0 radical (unpaired) electrons. The third-order valence-electron chi connectivity index (χ3n) is 3.83. The molecule has 1 saturated heterocycles. The molecule has 1 aliphatic heterocycles. The normalized spacial score (nSPS) is 20.9. The van der Waals surface area contributed by atoms with Crippen LogP contribution in [0.15, 0.2) is 18.2 Å². The maximum absolute atomic E-state index is 13.6. The highest BCUT2D eigenvalue weighted by Crippen LogP contribution is 2.19. The lowest BCUT2D eigenvalue weighted by Crippen LogP contribution is -2.38. The molecule has 0 aliphatic carbocycles. The molecule has 1 aromatic carbocycles. The second-order valence-corrected chi connectivity index (χ2v) is 5.37. The fraction of sp³-hybridized carbons (Fsp3) is 0.600. The third-order valence-corrected chi connectivity index (χ3v) is 3.83. The van der Waals surface area contributed by atoms with E-state index in [1.807, 2.05) is 0 Å². The Kier molecular flexibility index (Phi) is 5.88. The summed E-state index contributed by atoms with van der Waals surface area (Å²) in [5, 5.41) is 0. The van der Waals surface area contributed by atoms with E-state index in [0.29, 0.717) is 12.0 Å². The van der Waals surface area contributed by atoms with Gasteiger partial charge >= 0.3 is 0 Å². The van der Waals surface area contributed by atoms with E-state index in [-0.39, 0.29) is 12.1 Å². The van der Waals surface area contributed by atoms with Crippen molar-refractivity contribution >= 4 is 0 Å². The fourth-order valence-electron chi connectivity index (χ4n) is 2.62. The van der Waals surface area contributed by atoms with Gasteiger partial charge in [0.15, 0.2) is 0 Å². The number of nitrogens with one attached hydrogen (secondary N) is 1. The fourth-order valence-corrected chi connectivity index (χ4v) is 2.62. The first-order valence-electron chi connectivity index (χ1n) is 7.20. The maximum Gasteiger partial charge on any atom is 0.129 e. The largest absolute Gasteiger partial charge is 0.378 e. The summed E-state index contributed by atoms with van der Waals surface area (Å²) >= 11 is 0. The van der Waals surface area contributed by atoms with Gasteiger partial charge < -0.3 is 4.74 Å². The first kappa shape index (κ1) is 15.4. The van der Waals surface area contributed by atoms with Gasteiger partial charge in [-0.3, -0.25) is 11.3 Å². The van der Waals surface area contributed by atoms with E-state index in [2.05, 4.69) is 5.43 Å². The molecule has 5 heteroatoms. The standard InChI is InChI=1S/C15H22F2N2O/c16-12-5-4-11(15(17)10-12)9-13(19-18)6-7-14-3-1-2-8-20-14/h4-5,10,13-14,19H,1-3,6-9,18H2. The Hall–Kier alpha value is -1.04. The molecule has 0 saturated carbocycles. The SMILES string of the molecule is NNC(CCC1CCCCO1)Cc1ccc(F)cc1F. The molecule has 3 nitrogen and oxygen atoms in total. The molecule has 2 atom stereocenters. The van der Waals surface area contributed by atoms with E-state index in [9.17, 15) is 8.78 Å². The van der Waals surface area contributed by atoms with E-state index >= 15 is 0 Å². The van der Waals surface area contributed by atoms with Crippen LogP contribution in [0.4, 0.5) is 8.78 Å². The lowest BCUT2D eigenvalue weighted by Gasteiger charge is -2.24. The molecule has 0 aromatic heterocycles. The molecule has 112 valence electrons. The molecule has 0 amide bonds. The van der Waals surface area contributed by atoms with Gasteiger partial charge in [-0.05, 0) is 50.2 Å². The zero-order chi connectivity index (χ0) is 14.4. The minimum absolute atomic E-state index is 0.0273. The Morgan fingerprint density at radius 3 is 2.85 bits per heavy atom. The molecule has 0 spiro atoms. The summed E-state index contributed by atoms with van der Waals surface area (Å²) in [6, 6.07) is 3.63. The van der Waals surface area contributed by atoms with Gasteiger partial charge in [0, 0.05) is 18.7 Å². The van der Waals surface area contributed by atoms with Crippen LogP contribution in [0, 0.1) is 11.6 Å². The first-order chi connectivity index (χ1) is 9.69. The molecule has 1 aromatic rings. The Morgan fingerprint density at radius 2 is 2.20 bits per heavy atom. The van der Waals surface area contributed by atoms with Gasteiger partial charge in [0.25, 0.3) is 0 Å². The highest BCUT2D eigenvalue weighted by atomic mass is 19.1. The average Bonchev–Trinajstić information content (AvgIpc) is 2.46. The molecule has 2 unspecified atom stereocenters. The van der Waals surface area contributed by atoms with Gasteiger partial charge in [-0.15, -0.1) is 0 Å². The lowest BCUT2D eigenvalue weighted by atomic mass is 9.97. The van der Waals surface area contributed by atoms with Crippen LogP contribution in [0.25, 0.3) is 0 Å². The molecule has 20 heavy (non-hydrogen) atoms. The Bertz CT molecular complexity index is 422. The summed E-state index contributed by atoms with van der Waals surface area (Å²) < 4.78 is 32.1. The molecule has 1 aliphatic rings. The number of halogens is 2. The van der Waals surface area contributed by atoms with Gasteiger partial charge in [-0.25, -0.2) is 8.78 Å². The second-order valence-electron chi connectivity index (χ2n) is 5.37. The number of hydrazine groups is 1. The predicted molar refractivity (Wildman–Crippen MR) is 74.0 cm³/mol. The van der Waals surface area contributed by atoms with Crippen molar-refractivity contribution in [2.24, 2.45) is 5.84 Å². The van der Waals surface area contributed by atoms with Gasteiger partial charge in [-0.2, -0.15) is 0 Å². The smallest absolute Gasteiger partial charge is 0.129 e. The number of ether oxygens (including phenoxy) is 1. The number of hydrogen-bond acceptors (Lipinski definition) is 3. The molecule has 3 N–H and O–H groups in total. The monoisotopic (exact) mass is 284 g/mol. The summed E-state index contributed by atoms with van der Waals surface area (Å²) in [6.07, 6.45) is 5.90. The quantitative estimate of drug-likeness (QED) is 0.623. The summed E-state index contributed by atoms with van der Waals surface area (Å²) in [6.45, 7) is 0.831. The number of benzene rings is 1. The molecule has 2 rings (SSSR count). The Morgan fingerprint density at radius 1 is 1.35 bits per heavy atom. The van der Waals surface area contributed by atoms with E-state index in [1.165, 1.54) is 18.6 Å².